The van der Waals surface area contributed by atoms with Gasteiger partial charge in [0.2, 0.25) is 0 Å². The number of nitrogens with two attached hydrogens (primary N) is 1. The molecular formula is C48H81N3O17P2. The number of anilines is 1. The van der Waals surface area contributed by atoms with Crippen molar-refractivity contribution >= 4 is 33.4 Å². The molecule has 1 aliphatic rings. The van der Waals surface area contributed by atoms with E-state index in [9.17, 15) is 53.7 Å². The number of nitrogen functional groups attached to an aromatic ring is 1. The van der Waals surface area contributed by atoms with Gasteiger partial charge in [-0.25, -0.2) is 13.9 Å². The third-order valence-corrected chi connectivity index (χ3v) is 13.6. The Morgan fingerprint density at radius 2 is 1.40 bits per heavy atom. The smallest absolute Gasteiger partial charge is 0.462 e. The summed E-state index contributed by atoms with van der Waals surface area (Å²) in [5.74, 6) is -0.822. The Morgan fingerprint density at radius 1 is 0.786 bits per heavy atom. The number of carbonyl (C=O) groups excluding carboxylic acids is 2. The Kier molecular flexibility index (Phi) is 32.0. The number of esters is 2. The summed E-state index contributed by atoms with van der Waals surface area (Å²) in [7, 11) is -10.9. The summed E-state index contributed by atoms with van der Waals surface area (Å²) < 4.78 is 56.5. The summed E-state index contributed by atoms with van der Waals surface area (Å²) >= 11 is 0. The molecule has 0 aromatic carbocycles. The number of phosphoric acid groups is 2. The first-order valence-electron chi connectivity index (χ1n) is 24.7. The Hall–Kier alpha value is -3.36. The average Bonchev–Trinajstić information content (AvgIpc) is 3.57. The quantitative estimate of drug-likeness (QED) is 0.0110. The molecular weight excluding hydrogens is 952 g/mol. The van der Waals surface area contributed by atoms with Crippen LogP contribution >= 0.6 is 15.6 Å². The SMILES string of the molecule is CCCCC/C=C\C[C@@H](O)/C=C/C=C/C=C\[C@@H](O)CCCC(=O)OC[C@H](COP(=O)(O)OP(=O)(O)OC[C@H]1O[C@@H](n2ccc(N)nc2=O)[C@H](O)[C@@H]1O)OC(=O)CCCCCCCCCCCCC(C)C. The van der Waals surface area contributed by atoms with Gasteiger partial charge in [0.05, 0.1) is 25.4 Å². The van der Waals surface area contributed by atoms with Crippen LogP contribution in [-0.2, 0) is 46.3 Å². The number of allylic oxidation sites excluding steroid dienone is 5. The van der Waals surface area contributed by atoms with Crippen LogP contribution < -0.4 is 11.4 Å². The molecule has 0 saturated carbocycles. The Labute approximate surface area is 413 Å². The minimum Gasteiger partial charge on any atom is -0.462 e. The fourth-order valence-corrected chi connectivity index (χ4v) is 9.21. The number of ether oxygens (including phenoxy) is 3. The van der Waals surface area contributed by atoms with Crippen molar-refractivity contribution in [2.75, 3.05) is 25.6 Å². The van der Waals surface area contributed by atoms with E-state index in [1.165, 1.54) is 50.7 Å². The molecule has 20 nitrogen and oxygen atoms in total. The highest BCUT2D eigenvalue weighted by Crippen LogP contribution is 2.60. The van der Waals surface area contributed by atoms with Gasteiger partial charge in [-0.1, -0.05) is 146 Å². The maximum Gasteiger partial charge on any atom is 0.481 e. The summed E-state index contributed by atoms with van der Waals surface area (Å²) in [6.45, 7) is 4.11. The molecule has 1 aromatic heterocycles. The topological polar surface area (TPSA) is 306 Å². The van der Waals surface area contributed by atoms with Crippen LogP contribution in [0.2, 0.25) is 0 Å². The molecule has 1 fully saturated rings. The van der Waals surface area contributed by atoms with Gasteiger partial charge in [0, 0.05) is 19.0 Å². The molecule has 0 aliphatic carbocycles. The second-order valence-electron chi connectivity index (χ2n) is 17.8. The maximum absolute atomic E-state index is 12.8. The van der Waals surface area contributed by atoms with Crippen molar-refractivity contribution in [3.63, 3.8) is 0 Å². The summed E-state index contributed by atoms with van der Waals surface area (Å²) in [4.78, 5) is 61.8. The molecule has 0 bridgehead atoms. The van der Waals surface area contributed by atoms with Crippen LogP contribution in [-0.4, -0.2) is 108 Å². The highest BCUT2D eigenvalue weighted by Gasteiger charge is 2.46. The van der Waals surface area contributed by atoms with Gasteiger partial charge in [0.25, 0.3) is 0 Å². The zero-order valence-corrected chi connectivity index (χ0v) is 43.0. The number of aliphatic hydroxyl groups excluding tert-OH is 4. The average molecular weight is 1030 g/mol. The van der Waals surface area contributed by atoms with Crippen molar-refractivity contribution in [3.05, 3.63) is 71.4 Å². The van der Waals surface area contributed by atoms with Gasteiger partial charge in [-0.2, -0.15) is 9.29 Å². The molecule has 2 heterocycles. The predicted octanol–water partition coefficient (Wildman–Crippen LogP) is 7.57. The van der Waals surface area contributed by atoms with E-state index in [-0.39, 0.29) is 31.5 Å². The molecule has 0 radical (unpaired) electrons. The number of hydrogen-bond acceptors (Lipinski definition) is 17. The number of unbranched alkanes of at least 4 members (excludes halogenated alkanes) is 12. The molecule has 9 atom stereocenters. The first-order chi connectivity index (χ1) is 33.3. The van der Waals surface area contributed by atoms with Crippen LogP contribution in [0.4, 0.5) is 5.82 Å². The van der Waals surface area contributed by atoms with Gasteiger partial charge < -0.3 is 50.2 Å². The van der Waals surface area contributed by atoms with Crippen molar-refractivity contribution in [3.8, 4) is 0 Å². The summed E-state index contributed by atoms with van der Waals surface area (Å²) in [5.41, 5.74) is 4.56. The fourth-order valence-electron chi connectivity index (χ4n) is 7.10. The van der Waals surface area contributed by atoms with Crippen molar-refractivity contribution < 1.29 is 76.5 Å². The molecule has 2 unspecified atom stereocenters. The van der Waals surface area contributed by atoms with Crippen LogP contribution in [0, 0.1) is 5.92 Å². The minimum atomic E-state index is -5.47. The zero-order chi connectivity index (χ0) is 51.8. The van der Waals surface area contributed by atoms with Crippen molar-refractivity contribution in [1.29, 1.82) is 0 Å². The van der Waals surface area contributed by atoms with E-state index < -0.39 is 95.9 Å². The van der Waals surface area contributed by atoms with Crippen LogP contribution in [0.5, 0.6) is 0 Å². The molecule has 70 heavy (non-hydrogen) atoms. The number of aromatic nitrogens is 2. The van der Waals surface area contributed by atoms with Gasteiger partial charge in [-0.05, 0) is 50.5 Å². The van der Waals surface area contributed by atoms with Crippen LogP contribution in [0.3, 0.4) is 0 Å². The van der Waals surface area contributed by atoms with Gasteiger partial charge in [-0.3, -0.25) is 23.2 Å². The van der Waals surface area contributed by atoms with E-state index in [4.69, 9.17) is 29.0 Å². The van der Waals surface area contributed by atoms with Crippen LogP contribution in [0.25, 0.3) is 0 Å². The summed E-state index contributed by atoms with van der Waals surface area (Å²) in [6, 6.07) is 1.23. The highest BCUT2D eigenvalue weighted by atomic mass is 31.3. The molecule has 400 valence electrons. The van der Waals surface area contributed by atoms with Gasteiger partial charge in [0.1, 0.15) is 30.7 Å². The van der Waals surface area contributed by atoms with Gasteiger partial charge in [0.15, 0.2) is 12.3 Å². The Balaban J connectivity index is 1.88. The number of phosphoric ester groups is 2. The molecule has 1 saturated heterocycles. The van der Waals surface area contributed by atoms with E-state index in [1.807, 2.05) is 6.08 Å². The van der Waals surface area contributed by atoms with E-state index in [2.05, 4.69) is 36.1 Å². The van der Waals surface area contributed by atoms with Gasteiger partial charge >= 0.3 is 33.3 Å². The molecule has 0 spiro atoms. The maximum atomic E-state index is 12.8. The number of rotatable bonds is 39. The van der Waals surface area contributed by atoms with E-state index >= 15 is 0 Å². The lowest BCUT2D eigenvalue weighted by Crippen LogP contribution is -2.36. The fraction of sp³-hybridized carbons (Fsp3) is 0.708. The largest absolute Gasteiger partial charge is 0.481 e. The standard InChI is InChI=1S/C48H81N3O17P2/c1-4-5-6-7-15-20-26-38(52)27-21-17-18-22-28-39(53)29-24-31-43(54)63-34-40(66-44(55)30-23-16-13-11-9-8-10-12-14-19-25-37(2)3)35-64-69(59,60)68-70(61,62)65-36-41-45(56)46(57)47(67-41)51-33-32-42(49)50-48(51)58/h15,17-18,20-22,27-28,32-33,37-41,45-47,52-53,56-57H,4-14,16,19,23-26,29-31,34-36H2,1-3H3,(H,59,60)(H,61,62)(H2,49,50,58)/b18-17+,20-15-,27-21+,28-22-/t38-,39-,40-,41-,45-,46-,47-/m1/s1. The monoisotopic (exact) mass is 1030 g/mol. The van der Waals surface area contributed by atoms with Crippen LogP contribution in [0.1, 0.15) is 155 Å². The van der Waals surface area contributed by atoms with E-state index in [0.29, 0.717) is 12.8 Å². The summed E-state index contributed by atoms with van der Waals surface area (Å²) in [5, 5.41) is 41.3. The minimum absolute atomic E-state index is 0.00290. The van der Waals surface area contributed by atoms with Crippen molar-refractivity contribution in [2.24, 2.45) is 5.92 Å². The number of hydrogen-bond donors (Lipinski definition) is 7. The van der Waals surface area contributed by atoms with Gasteiger partial charge in [-0.15, -0.1) is 0 Å². The van der Waals surface area contributed by atoms with Crippen LogP contribution in [0.15, 0.2) is 65.7 Å². The molecule has 1 aliphatic heterocycles. The lowest BCUT2D eigenvalue weighted by Gasteiger charge is -2.21. The molecule has 22 heteroatoms. The Bertz CT molecular complexity index is 1910. The third-order valence-electron chi connectivity index (χ3n) is 11.0. The van der Waals surface area contributed by atoms with Crippen molar-refractivity contribution in [2.45, 2.75) is 192 Å². The number of aliphatic hydroxyl groups is 4. The number of nitrogens with zero attached hydrogens (tertiary/aromatic N) is 2. The lowest BCUT2D eigenvalue weighted by molar-refractivity contribution is -0.161. The molecule has 1 aromatic rings. The first-order valence-corrected chi connectivity index (χ1v) is 27.7. The zero-order valence-electron chi connectivity index (χ0n) is 41.2. The Morgan fingerprint density at radius 3 is 2.04 bits per heavy atom. The van der Waals surface area contributed by atoms with E-state index in [0.717, 1.165) is 68.0 Å². The first kappa shape index (κ1) is 62.8. The second-order valence-corrected chi connectivity index (χ2v) is 20.9. The molecule has 8 N–H and O–H groups in total. The highest BCUT2D eigenvalue weighted by molar-refractivity contribution is 7.61. The second kappa shape index (κ2) is 35.7. The lowest BCUT2D eigenvalue weighted by atomic mass is 10.0. The molecule has 2 rings (SSSR count). The van der Waals surface area contributed by atoms with Crippen molar-refractivity contribution in [1.82, 2.24) is 9.55 Å². The molecule has 0 amide bonds. The van der Waals surface area contributed by atoms with E-state index in [1.54, 1.807) is 30.4 Å². The third kappa shape index (κ3) is 29.2. The number of carbonyl (C=O) groups is 2. The summed E-state index contributed by atoms with van der Waals surface area (Å²) in [6.07, 6.45) is 22.7. The normalized spacial score (nSPS) is 20.7. The predicted molar refractivity (Wildman–Crippen MR) is 264 cm³/mol.